The minimum Gasteiger partial charge on any atom is -0.309 e. The van der Waals surface area contributed by atoms with Crippen LogP contribution in [0.1, 0.15) is 25.0 Å². The van der Waals surface area contributed by atoms with Gasteiger partial charge in [0.2, 0.25) is 0 Å². The summed E-state index contributed by atoms with van der Waals surface area (Å²) in [6.07, 6.45) is 1.87. The summed E-state index contributed by atoms with van der Waals surface area (Å²) < 4.78 is 4.85. The van der Waals surface area contributed by atoms with Gasteiger partial charge in [-0.15, -0.1) is 0 Å². The van der Waals surface area contributed by atoms with Crippen LogP contribution in [0.5, 0.6) is 0 Å². The second kappa shape index (κ2) is 9.54. The van der Waals surface area contributed by atoms with Crippen molar-refractivity contribution in [1.82, 2.24) is 14.1 Å². The van der Waals surface area contributed by atoms with Gasteiger partial charge in [0.1, 0.15) is 0 Å². The molecular weight excluding hydrogens is 571 g/mol. The highest BCUT2D eigenvalue weighted by atomic mass is 15.0. The lowest BCUT2D eigenvalue weighted by Gasteiger charge is -2.21. The molecule has 9 aromatic rings. The molecule has 0 radical (unpaired) electrons. The first-order valence-electron chi connectivity index (χ1n) is 16.3. The van der Waals surface area contributed by atoms with Gasteiger partial charge in [-0.2, -0.15) is 0 Å². The largest absolute Gasteiger partial charge is 0.309 e. The average molecular weight is 602 g/mol. The monoisotopic (exact) mass is 601 g/mol. The summed E-state index contributed by atoms with van der Waals surface area (Å²) in [5.41, 5.74) is 14.6. The molecule has 0 atom stereocenters. The lowest BCUT2D eigenvalue weighted by molar-refractivity contribution is 0.661. The third-order valence-corrected chi connectivity index (χ3v) is 10.4. The third kappa shape index (κ3) is 3.65. The highest BCUT2D eigenvalue weighted by Gasteiger charge is 2.36. The van der Waals surface area contributed by atoms with Crippen LogP contribution >= 0.6 is 0 Å². The summed E-state index contributed by atoms with van der Waals surface area (Å²) in [4.78, 5) is 4.69. The van der Waals surface area contributed by atoms with Gasteiger partial charge in [-0.25, -0.2) is 0 Å². The smallest absolute Gasteiger partial charge is 0.0702 e. The molecule has 0 unspecified atom stereocenters. The van der Waals surface area contributed by atoms with Crippen molar-refractivity contribution in [3.8, 4) is 33.8 Å². The van der Waals surface area contributed by atoms with Gasteiger partial charge in [-0.3, -0.25) is 4.98 Å². The van der Waals surface area contributed by atoms with Crippen molar-refractivity contribution in [2.24, 2.45) is 0 Å². The van der Waals surface area contributed by atoms with E-state index < -0.39 is 0 Å². The fraction of sp³-hybridized carbons (Fsp3) is 0.0682. The number of aromatic nitrogens is 3. The molecule has 3 aromatic heterocycles. The topological polar surface area (TPSA) is 22.8 Å². The van der Waals surface area contributed by atoms with Crippen LogP contribution in [-0.2, 0) is 5.41 Å². The molecule has 0 fully saturated rings. The van der Waals surface area contributed by atoms with Gasteiger partial charge in [0.05, 0.1) is 27.8 Å². The molecule has 3 heteroatoms. The van der Waals surface area contributed by atoms with E-state index in [9.17, 15) is 0 Å². The SMILES string of the molecule is CC1(C)c2ccccc2-c2cc3c4cc(-c5ccccn5)ccc4n(-c4ccc5c(c4)c4ccccc4n5-c4ccccc4)c3cc21. The Balaban J connectivity index is 1.29. The van der Waals surface area contributed by atoms with Crippen LogP contribution in [0.2, 0.25) is 0 Å². The molecule has 0 bridgehead atoms. The number of fused-ring (bicyclic) bond motifs is 9. The predicted octanol–water partition coefficient (Wildman–Crippen LogP) is 11.2. The summed E-state index contributed by atoms with van der Waals surface area (Å²) in [6.45, 7) is 4.72. The molecule has 10 rings (SSSR count). The number of rotatable bonds is 3. The van der Waals surface area contributed by atoms with Crippen molar-refractivity contribution in [3.05, 3.63) is 163 Å². The van der Waals surface area contributed by atoms with E-state index in [1.54, 1.807) is 0 Å². The van der Waals surface area contributed by atoms with Crippen LogP contribution < -0.4 is 0 Å². The number of hydrogen-bond acceptors (Lipinski definition) is 1. The van der Waals surface area contributed by atoms with E-state index in [0.717, 1.165) is 16.9 Å². The summed E-state index contributed by atoms with van der Waals surface area (Å²) >= 11 is 0. The van der Waals surface area contributed by atoms with E-state index >= 15 is 0 Å². The molecule has 3 heterocycles. The molecule has 3 nitrogen and oxygen atoms in total. The molecule has 0 saturated carbocycles. The first kappa shape index (κ1) is 26.3. The van der Waals surface area contributed by atoms with Crippen molar-refractivity contribution in [2.75, 3.05) is 0 Å². The maximum atomic E-state index is 4.69. The molecule has 0 spiro atoms. The summed E-state index contributed by atoms with van der Waals surface area (Å²) in [7, 11) is 0. The summed E-state index contributed by atoms with van der Waals surface area (Å²) in [5.74, 6) is 0. The highest BCUT2D eigenvalue weighted by molar-refractivity contribution is 6.14. The van der Waals surface area contributed by atoms with Crippen molar-refractivity contribution in [1.29, 1.82) is 0 Å². The number of para-hydroxylation sites is 2. The maximum absolute atomic E-state index is 4.69. The minimum atomic E-state index is -0.0897. The molecule has 0 saturated heterocycles. The second-order valence-electron chi connectivity index (χ2n) is 13.3. The highest BCUT2D eigenvalue weighted by Crippen LogP contribution is 2.51. The van der Waals surface area contributed by atoms with E-state index in [4.69, 9.17) is 0 Å². The van der Waals surface area contributed by atoms with E-state index in [1.807, 2.05) is 12.3 Å². The first-order chi connectivity index (χ1) is 23.1. The fourth-order valence-electron chi connectivity index (χ4n) is 8.14. The molecular formula is C44H31N3. The Labute approximate surface area is 273 Å². The average Bonchev–Trinajstić information content (AvgIpc) is 3.71. The van der Waals surface area contributed by atoms with Gasteiger partial charge in [-0.1, -0.05) is 86.6 Å². The lowest BCUT2D eigenvalue weighted by atomic mass is 9.82. The van der Waals surface area contributed by atoms with E-state index in [2.05, 4.69) is 167 Å². The van der Waals surface area contributed by atoms with Gasteiger partial charge in [-0.05, 0) is 95.1 Å². The number of benzene rings is 6. The zero-order valence-electron chi connectivity index (χ0n) is 26.3. The second-order valence-corrected chi connectivity index (χ2v) is 13.3. The van der Waals surface area contributed by atoms with Gasteiger partial charge in [0.25, 0.3) is 0 Å². The van der Waals surface area contributed by atoms with Gasteiger partial charge < -0.3 is 9.13 Å². The zero-order chi connectivity index (χ0) is 31.3. The predicted molar refractivity (Wildman–Crippen MR) is 196 cm³/mol. The molecule has 6 aromatic carbocycles. The van der Waals surface area contributed by atoms with E-state index in [-0.39, 0.29) is 5.41 Å². The van der Waals surface area contributed by atoms with Crippen LogP contribution in [-0.4, -0.2) is 14.1 Å². The Kier molecular flexibility index (Phi) is 5.34. The van der Waals surface area contributed by atoms with Gasteiger partial charge in [0, 0.05) is 50.1 Å². The first-order valence-corrected chi connectivity index (χ1v) is 16.3. The fourth-order valence-corrected chi connectivity index (χ4v) is 8.14. The quantitative estimate of drug-likeness (QED) is 0.198. The Hall–Kier alpha value is -5.93. The van der Waals surface area contributed by atoms with Gasteiger partial charge >= 0.3 is 0 Å². The van der Waals surface area contributed by atoms with Crippen LogP contribution in [0.3, 0.4) is 0 Å². The number of hydrogen-bond donors (Lipinski definition) is 0. The Bertz CT molecular complexity index is 2690. The van der Waals surface area contributed by atoms with Crippen LogP contribution in [0.4, 0.5) is 0 Å². The van der Waals surface area contributed by atoms with Crippen LogP contribution in [0.15, 0.2) is 152 Å². The Morgan fingerprint density at radius 2 is 1.13 bits per heavy atom. The van der Waals surface area contributed by atoms with Gasteiger partial charge in [0.15, 0.2) is 0 Å². The Morgan fingerprint density at radius 3 is 1.98 bits per heavy atom. The summed E-state index contributed by atoms with van der Waals surface area (Å²) in [6, 6.07) is 53.2. The van der Waals surface area contributed by atoms with Crippen LogP contribution in [0.25, 0.3) is 77.4 Å². The molecule has 222 valence electrons. The standard InChI is InChI=1S/C44H31N3/c1-44(2)37-16-8-6-14-31(37)33-26-36-34-24-28(39-17-10-11-23-45-39)19-21-41(34)47(43(36)27-38(33)44)30-20-22-42-35(25-30)32-15-7-9-18-40(32)46(42)29-12-4-3-5-13-29/h3-27H,1-2H3. The number of pyridine rings is 1. The molecule has 0 amide bonds. The molecule has 0 aliphatic heterocycles. The van der Waals surface area contributed by atoms with E-state index in [0.29, 0.717) is 0 Å². The van der Waals surface area contributed by atoms with Crippen molar-refractivity contribution in [3.63, 3.8) is 0 Å². The van der Waals surface area contributed by atoms with Crippen molar-refractivity contribution in [2.45, 2.75) is 19.3 Å². The van der Waals surface area contributed by atoms with Crippen molar-refractivity contribution < 1.29 is 0 Å². The lowest BCUT2D eigenvalue weighted by Crippen LogP contribution is -2.14. The molecule has 47 heavy (non-hydrogen) atoms. The molecule has 1 aliphatic carbocycles. The van der Waals surface area contributed by atoms with E-state index in [1.165, 1.54) is 71.6 Å². The minimum absolute atomic E-state index is 0.0897. The maximum Gasteiger partial charge on any atom is 0.0702 e. The van der Waals surface area contributed by atoms with Crippen molar-refractivity contribution >= 4 is 43.6 Å². The molecule has 1 aliphatic rings. The van der Waals surface area contributed by atoms with Crippen LogP contribution in [0, 0.1) is 0 Å². The zero-order valence-corrected chi connectivity index (χ0v) is 26.3. The summed E-state index contributed by atoms with van der Waals surface area (Å²) in [5, 5.41) is 5.00. The Morgan fingerprint density at radius 1 is 0.447 bits per heavy atom. The normalized spacial score (nSPS) is 13.5. The molecule has 0 N–H and O–H groups in total. The third-order valence-electron chi connectivity index (χ3n) is 10.4. The number of nitrogens with zero attached hydrogens (tertiary/aromatic N) is 3.